The van der Waals surface area contributed by atoms with Crippen molar-refractivity contribution < 1.29 is 8.42 Å². The average Bonchev–Trinajstić information content (AvgIpc) is 2.85. The third-order valence-electron chi connectivity index (χ3n) is 4.05. The summed E-state index contributed by atoms with van der Waals surface area (Å²) >= 11 is 0. The summed E-state index contributed by atoms with van der Waals surface area (Å²) in [6.45, 7) is 2.94. The van der Waals surface area contributed by atoms with Gasteiger partial charge in [-0.05, 0) is 31.0 Å². The Balaban J connectivity index is 1.75. The Hall–Kier alpha value is -1.70. The lowest BCUT2D eigenvalue weighted by molar-refractivity contribution is 0.491. The van der Waals surface area contributed by atoms with Gasteiger partial charge in [-0.15, -0.1) is 0 Å². The lowest BCUT2D eigenvalue weighted by atomic mass is 9.95. The zero-order valence-corrected chi connectivity index (χ0v) is 13.5. The van der Waals surface area contributed by atoms with E-state index in [9.17, 15) is 8.42 Å². The number of sulfonamides is 1. The fraction of sp³-hybridized carbons (Fsp3) is 0.400. The van der Waals surface area contributed by atoms with Crippen LogP contribution in [0.2, 0.25) is 0 Å². The monoisotopic (exact) mass is 320 g/mol. The molecule has 22 heavy (non-hydrogen) atoms. The summed E-state index contributed by atoms with van der Waals surface area (Å²) in [5, 5.41) is 3.43. The Morgan fingerprint density at radius 3 is 2.91 bits per heavy atom. The van der Waals surface area contributed by atoms with E-state index >= 15 is 0 Å². The van der Waals surface area contributed by atoms with Crippen molar-refractivity contribution >= 4 is 10.0 Å². The first-order valence-electron chi connectivity index (χ1n) is 7.28. The van der Waals surface area contributed by atoms with Gasteiger partial charge in [0.1, 0.15) is 5.82 Å². The van der Waals surface area contributed by atoms with Crippen LogP contribution in [0.3, 0.4) is 0 Å². The molecule has 0 radical (unpaired) electrons. The number of nitrogens with zero attached hydrogens (tertiary/aromatic N) is 2. The van der Waals surface area contributed by atoms with E-state index in [2.05, 4.69) is 21.1 Å². The van der Waals surface area contributed by atoms with Crippen LogP contribution in [-0.4, -0.2) is 31.1 Å². The number of fused-ring (bicyclic) bond motifs is 1. The number of benzene rings is 1. The molecule has 0 bridgehead atoms. The Morgan fingerprint density at radius 1 is 1.41 bits per heavy atom. The van der Waals surface area contributed by atoms with Gasteiger partial charge in [-0.1, -0.05) is 24.3 Å². The van der Waals surface area contributed by atoms with E-state index in [0.717, 1.165) is 18.5 Å². The number of hydrogen-bond acceptors (Lipinski definition) is 4. The Labute approximate surface area is 130 Å². The molecule has 7 heteroatoms. The van der Waals surface area contributed by atoms with Crippen LogP contribution in [0.1, 0.15) is 23.0 Å². The first-order valence-corrected chi connectivity index (χ1v) is 8.76. The molecule has 2 aromatic rings. The zero-order valence-electron chi connectivity index (χ0n) is 12.7. The summed E-state index contributed by atoms with van der Waals surface area (Å²) in [4.78, 5) is 4.08. The van der Waals surface area contributed by atoms with E-state index in [1.807, 2.05) is 18.2 Å². The fourth-order valence-electron chi connectivity index (χ4n) is 2.70. The van der Waals surface area contributed by atoms with Gasteiger partial charge in [0.05, 0.1) is 0 Å². The van der Waals surface area contributed by atoms with Gasteiger partial charge in [0.2, 0.25) is 0 Å². The van der Waals surface area contributed by atoms with Crippen molar-refractivity contribution in [3.05, 3.63) is 47.4 Å². The minimum Gasteiger partial charge on any atom is -0.337 e. The molecule has 1 unspecified atom stereocenters. The number of hydrogen-bond donors (Lipinski definition) is 2. The van der Waals surface area contributed by atoms with Gasteiger partial charge in [0.15, 0.2) is 5.03 Å². The summed E-state index contributed by atoms with van der Waals surface area (Å²) in [5.41, 5.74) is 2.44. The van der Waals surface area contributed by atoms with Crippen LogP contribution >= 0.6 is 0 Å². The van der Waals surface area contributed by atoms with Crippen molar-refractivity contribution in [2.24, 2.45) is 7.05 Å². The van der Waals surface area contributed by atoms with Crippen molar-refractivity contribution in [2.75, 3.05) is 13.1 Å². The molecule has 1 aliphatic rings. The minimum absolute atomic E-state index is 0.00969. The number of imidazole rings is 1. The first-order chi connectivity index (χ1) is 10.5. The molecule has 1 aliphatic heterocycles. The summed E-state index contributed by atoms with van der Waals surface area (Å²) < 4.78 is 29.0. The highest BCUT2D eigenvalue weighted by molar-refractivity contribution is 7.89. The molecule has 1 aromatic heterocycles. The quantitative estimate of drug-likeness (QED) is 0.877. The highest BCUT2D eigenvalue weighted by Gasteiger charge is 2.23. The Morgan fingerprint density at radius 2 is 2.18 bits per heavy atom. The topological polar surface area (TPSA) is 76.0 Å². The van der Waals surface area contributed by atoms with E-state index in [1.54, 1.807) is 18.5 Å². The van der Waals surface area contributed by atoms with E-state index in [0.29, 0.717) is 12.4 Å². The standard InChI is InChI=1S/C15H20N4O2S/c1-11-18-15(10-19(11)2)22(20,21)17-9-14-13-6-4-3-5-12(13)7-8-16-14/h3-6,10,14,16-17H,7-9H2,1-2H3. The molecule has 1 atom stereocenters. The van der Waals surface area contributed by atoms with Crippen LogP contribution in [0.4, 0.5) is 0 Å². The Bertz CT molecular complexity index is 763. The molecule has 0 saturated carbocycles. The van der Waals surface area contributed by atoms with Gasteiger partial charge < -0.3 is 9.88 Å². The molecule has 3 rings (SSSR count). The van der Waals surface area contributed by atoms with E-state index < -0.39 is 10.0 Å². The number of aryl methyl sites for hydroxylation is 2. The van der Waals surface area contributed by atoms with Gasteiger partial charge in [-0.25, -0.2) is 18.1 Å². The van der Waals surface area contributed by atoms with Crippen molar-refractivity contribution in [1.82, 2.24) is 19.6 Å². The molecular formula is C15H20N4O2S. The van der Waals surface area contributed by atoms with Crippen molar-refractivity contribution in [2.45, 2.75) is 24.4 Å². The van der Waals surface area contributed by atoms with Gasteiger partial charge in [0.25, 0.3) is 10.0 Å². The number of nitrogens with one attached hydrogen (secondary N) is 2. The lowest BCUT2D eigenvalue weighted by Crippen LogP contribution is -2.38. The average molecular weight is 320 g/mol. The van der Waals surface area contributed by atoms with Gasteiger partial charge in [-0.2, -0.15) is 0 Å². The van der Waals surface area contributed by atoms with Crippen LogP contribution in [0.5, 0.6) is 0 Å². The summed E-state index contributed by atoms with van der Waals surface area (Å²) in [6, 6.07) is 8.13. The number of aromatic nitrogens is 2. The number of rotatable bonds is 4. The predicted molar refractivity (Wildman–Crippen MR) is 84.0 cm³/mol. The fourth-order valence-corrected chi connectivity index (χ4v) is 3.78. The second kappa shape index (κ2) is 5.83. The van der Waals surface area contributed by atoms with Crippen LogP contribution in [0.15, 0.2) is 35.5 Å². The van der Waals surface area contributed by atoms with Crippen molar-refractivity contribution in [1.29, 1.82) is 0 Å². The van der Waals surface area contributed by atoms with E-state index in [4.69, 9.17) is 0 Å². The van der Waals surface area contributed by atoms with Gasteiger partial charge in [0, 0.05) is 25.8 Å². The molecule has 0 spiro atoms. The van der Waals surface area contributed by atoms with Gasteiger partial charge >= 0.3 is 0 Å². The Kier molecular flexibility index (Phi) is 4.03. The van der Waals surface area contributed by atoms with Crippen molar-refractivity contribution in [3.63, 3.8) is 0 Å². The maximum Gasteiger partial charge on any atom is 0.259 e. The normalized spacial score (nSPS) is 18.2. The maximum atomic E-state index is 12.3. The maximum absolute atomic E-state index is 12.3. The molecule has 2 heterocycles. The van der Waals surface area contributed by atoms with E-state index in [-0.39, 0.29) is 11.1 Å². The molecule has 1 aromatic carbocycles. The third kappa shape index (κ3) is 2.92. The van der Waals surface area contributed by atoms with Gasteiger partial charge in [-0.3, -0.25) is 0 Å². The predicted octanol–water partition coefficient (Wildman–Crippen LogP) is 0.894. The molecule has 118 valence electrons. The summed E-state index contributed by atoms with van der Waals surface area (Å²) in [7, 11) is -1.81. The van der Waals surface area contributed by atoms with Crippen molar-refractivity contribution in [3.8, 4) is 0 Å². The highest BCUT2D eigenvalue weighted by atomic mass is 32.2. The molecule has 0 saturated heterocycles. The summed E-state index contributed by atoms with van der Waals surface area (Å²) in [6.07, 6.45) is 2.50. The lowest BCUT2D eigenvalue weighted by Gasteiger charge is -2.26. The van der Waals surface area contributed by atoms with Crippen LogP contribution in [0.25, 0.3) is 0 Å². The summed E-state index contributed by atoms with van der Waals surface area (Å²) in [5.74, 6) is 0.668. The zero-order chi connectivity index (χ0) is 15.7. The second-order valence-corrected chi connectivity index (χ2v) is 7.26. The first kappa shape index (κ1) is 15.2. The molecule has 0 fully saturated rings. The second-order valence-electron chi connectivity index (χ2n) is 5.54. The van der Waals surface area contributed by atoms with Crippen LogP contribution < -0.4 is 10.0 Å². The highest BCUT2D eigenvalue weighted by Crippen LogP contribution is 2.22. The molecular weight excluding hydrogens is 300 g/mol. The van der Waals surface area contributed by atoms with Crippen LogP contribution in [-0.2, 0) is 23.5 Å². The molecule has 6 nitrogen and oxygen atoms in total. The minimum atomic E-state index is -3.59. The molecule has 0 amide bonds. The molecule has 2 N–H and O–H groups in total. The van der Waals surface area contributed by atoms with E-state index in [1.165, 1.54) is 11.8 Å². The SMILES string of the molecule is Cc1nc(S(=O)(=O)NCC2NCCc3ccccc32)cn1C. The van der Waals surface area contributed by atoms with Crippen LogP contribution in [0, 0.1) is 6.92 Å². The smallest absolute Gasteiger partial charge is 0.259 e. The largest absolute Gasteiger partial charge is 0.337 e. The molecule has 0 aliphatic carbocycles. The third-order valence-corrected chi connectivity index (χ3v) is 5.35.